The molecular formula is C87H106N6. The standard InChI is InChI=1S/C87H106N6/c1-20-21-22-23-24-25-45-93-46-27-30-77(93)68-29-26-28-67(88-68)36-33-56-31-34-57(35-32-56)78-69-37-39-71(89-69)79(58-47-61(82(2,3)4)53-62(48-58)83(5,6)7)73-41-43-75(91-73)81(60-51-65(86(14,15)16)55-66(52-60)87(17,18)19)76-44-42-74(92-76)80(72-40-38-70(78)90-72)59-49-63(84(8,9)10)54-64(50-59)85(11,12)13/h26,28-29,31-44,47-55,77,89,92H,20-25,27,30,45-46H2,1-19H3/b36-33+,78-69?,78-70?,79-71?,79-73?,80-72?,80-74?,81-75?,81-76?. The van der Waals surface area contributed by atoms with E-state index in [2.05, 4.69) is 304 Å². The molecule has 2 N–H and O–H groups in total. The minimum absolute atomic E-state index is 0.107. The Labute approximate surface area is 558 Å². The quantitative estimate of drug-likeness (QED) is 0.106. The molecule has 8 aromatic rings. The number of nitrogens with one attached hydrogen (secondary N) is 2. The normalized spacial score (nSPS) is 15.2. The molecule has 1 unspecified atom stereocenters. The summed E-state index contributed by atoms with van der Waals surface area (Å²) in [6.45, 7) is 46.5. The third kappa shape index (κ3) is 15.0. The number of pyridine rings is 1. The number of H-pyrrole nitrogens is 2. The summed E-state index contributed by atoms with van der Waals surface area (Å²) in [4.78, 5) is 27.9. The number of fused-ring (bicyclic) bond motifs is 8. The van der Waals surface area contributed by atoms with Crippen LogP contribution < -0.4 is 0 Å². The Bertz CT molecular complexity index is 4170. The van der Waals surface area contributed by atoms with E-state index in [1.807, 2.05) is 0 Å². The van der Waals surface area contributed by atoms with Crippen LogP contribution in [0.25, 0.3) is 103 Å². The lowest BCUT2D eigenvalue weighted by Gasteiger charge is -2.26. The van der Waals surface area contributed by atoms with E-state index in [4.69, 9.17) is 15.0 Å². The van der Waals surface area contributed by atoms with E-state index in [1.165, 1.54) is 90.4 Å². The van der Waals surface area contributed by atoms with Crippen LogP contribution in [-0.4, -0.2) is 42.9 Å². The molecule has 4 aromatic heterocycles. The van der Waals surface area contributed by atoms with Crippen molar-refractivity contribution < 1.29 is 0 Å². The number of aromatic nitrogens is 5. The fraction of sp³-hybridized carbons (Fsp3) is 0.414. The lowest BCUT2D eigenvalue weighted by Crippen LogP contribution is -2.25. The van der Waals surface area contributed by atoms with Crippen LogP contribution in [0.3, 0.4) is 0 Å². The first-order valence-corrected chi connectivity index (χ1v) is 35.0. The first-order chi connectivity index (χ1) is 43.8. The van der Waals surface area contributed by atoms with Gasteiger partial charge in [-0.05, 0) is 193 Å². The zero-order chi connectivity index (χ0) is 66.6. The molecule has 3 aliphatic heterocycles. The highest BCUT2D eigenvalue weighted by Crippen LogP contribution is 2.44. The van der Waals surface area contributed by atoms with Crippen molar-refractivity contribution in [3.8, 4) is 44.5 Å². The molecule has 11 rings (SSSR count). The summed E-state index contributed by atoms with van der Waals surface area (Å²) < 4.78 is 0. The molecule has 93 heavy (non-hydrogen) atoms. The fourth-order valence-corrected chi connectivity index (χ4v) is 13.5. The van der Waals surface area contributed by atoms with Crippen LogP contribution in [0.4, 0.5) is 0 Å². The molecule has 1 fully saturated rings. The predicted octanol–water partition coefficient (Wildman–Crippen LogP) is 24.2. The number of likely N-dealkylation sites (tertiary alicyclic amines) is 1. The Hall–Kier alpha value is -7.67. The Kier molecular flexibility index (Phi) is 18.6. The summed E-state index contributed by atoms with van der Waals surface area (Å²) in [5.41, 5.74) is 26.6. The Morgan fingerprint density at radius 2 is 0.763 bits per heavy atom. The summed E-state index contributed by atoms with van der Waals surface area (Å²) in [6, 6.07) is 46.8. The molecule has 484 valence electrons. The molecule has 1 atom stereocenters. The van der Waals surface area contributed by atoms with Gasteiger partial charge in [0, 0.05) is 44.3 Å². The third-order valence-electron chi connectivity index (χ3n) is 19.6. The van der Waals surface area contributed by atoms with Gasteiger partial charge in [-0.3, -0.25) is 9.88 Å². The van der Waals surface area contributed by atoms with Crippen molar-refractivity contribution in [2.24, 2.45) is 0 Å². The smallest absolute Gasteiger partial charge is 0.0737 e. The maximum Gasteiger partial charge on any atom is 0.0737 e. The molecule has 8 bridgehead atoms. The van der Waals surface area contributed by atoms with Gasteiger partial charge in [-0.15, -0.1) is 0 Å². The monoisotopic (exact) mass is 1230 g/mol. The topological polar surface area (TPSA) is 73.5 Å². The number of nitrogens with zero attached hydrogens (tertiary/aromatic N) is 4. The van der Waals surface area contributed by atoms with Crippen molar-refractivity contribution in [3.63, 3.8) is 0 Å². The van der Waals surface area contributed by atoms with E-state index >= 15 is 0 Å². The van der Waals surface area contributed by atoms with Gasteiger partial charge in [-0.2, -0.15) is 0 Å². The van der Waals surface area contributed by atoms with Gasteiger partial charge >= 0.3 is 0 Å². The van der Waals surface area contributed by atoms with E-state index in [0.29, 0.717) is 6.04 Å². The van der Waals surface area contributed by atoms with Crippen LogP contribution in [0.15, 0.2) is 121 Å². The third-order valence-corrected chi connectivity index (χ3v) is 19.6. The molecule has 3 aliphatic rings. The van der Waals surface area contributed by atoms with Crippen molar-refractivity contribution in [2.75, 3.05) is 13.1 Å². The predicted molar refractivity (Wildman–Crippen MR) is 403 cm³/mol. The number of unbranched alkanes of at least 4 members (excludes halogenated alkanes) is 5. The zero-order valence-corrected chi connectivity index (χ0v) is 59.9. The number of benzene rings is 4. The SMILES string of the molecule is CCCCCCCCN1CCCC1c1cccc(/C=C/c2ccc(-c3c4nc(c(-c5cc(C(C)(C)C)cc(C(C)(C)C)c5)c5ccc([nH]5)c(-c5cc(C(C)(C)C)cc(C(C)(C)C)c5)c5nc(c(-c6cc(C(C)(C)C)cc(C(C)(C)C)c6)c6ccc3[nH]6)C=C5)C=C4)cc2)n1. The molecule has 7 heterocycles. The zero-order valence-electron chi connectivity index (χ0n) is 59.9. The minimum atomic E-state index is -0.109. The summed E-state index contributed by atoms with van der Waals surface area (Å²) in [6.07, 6.45) is 23.7. The van der Waals surface area contributed by atoms with Crippen molar-refractivity contribution in [2.45, 2.75) is 221 Å². The number of rotatable bonds is 14. The molecule has 0 aliphatic carbocycles. The van der Waals surface area contributed by atoms with Crippen LogP contribution in [0, 0.1) is 0 Å². The van der Waals surface area contributed by atoms with E-state index in [-0.39, 0.29) is 32.5 Å². The molecule has 0 radical (unpaired) electrons. The van der Waals surface area contributed by atoms with Gasteiger partial charge in [0.1, 0.15) is 0 Å². The summed E-state index contributed by atoms with van der Waals surface area (Å²) in [5.74, 6) is 0. The lowest BCUT2D eigenvalue weighted by molar-refractivity contribution is 0.247. The maximum absolute atomic E-state index is 5.88. The molecule has 4 aromatic carbocycles. The lowest BCUT2D eigenvalue weighted by atomic mass is 9.78. The van der Waals surface area contributed by atoms with Gasteiger partial charge in [0.05, 0.1) is 40.2 Å². The molecule has 0 spiro atoms. The van der Waals surface area contributed by atoms with Crippen molar-refractivity contribution in [1.82, 2.24) is 29.8 Å². The van der Waals surface area contributed by atoms with Crippen LogP contribution in [0.2, 0.25) is 0 Å². The van der Waals surface area contributed by atoms with Crippen LogP contribution >= 0.6 is 0 Å². The van der Waals surface area contributed by atoms with Gasteiger partial charge < -0.3 is 9.97 Å². The first-order valence-electron chi connectivity index (χ1n) is 35.0. The van der Waals surface area contributed by atoms with Gasteiger partial charge in [-0.1, -0.05) is 255 Å². The Balaban J connectivity index is 1.16. The second-order valence-corrected chi connectivity index (χ2v) is 33.3. The second kappa shape index (κ2) is 25.9. The number of aromatic amines is 2. The molecule has 0 saturated carbocycles. The van der Waals surface area contributed by atoms with Crippen molar-refractivity contribution in [3.05, 3.63) is 194 Å². The highest BCUT2D eigenvalue weighted by Gasteiger charge is 2.30. The Morgan fingerprint density at radius 3 is 1.14 bits per heavy atom. The molecular weight excluding hydrogens is 1130 g/mol. The molecule has 6 heteroatoms. The van der Waals surface area contributed by atoms with Gasteiger partial charge in [0.15, 0.2) is 0 Å². The largest absolute Gasteiger partial charge is 0.354 e. The molecule has 0 amide bonds. The first kappa shape index (κ1) is 66.8. The van der Waals surface area contributed by atoms with E-state index < -0.39 is 0 Å². The van der Waals surface area contributed by atoms with Gasteiger partial charge in [0.2, 0.25) is 0 Å². The number of hydrogen-bond donors (Lipinski definition) is 2. The summed E-state index contributed by atoms with van der Waals surface area (Å²) in [7, 11) is 0. The summed E-state index contributed by atoms with van der Waals surface area (Å²) in [5, 5.41) is 0. The number of hydrogen-bond acceptors (Lipinski definition) is 4. The van der Waals surface area contributed by atoms with Crippen LogP contribution in [0.1, 0.15) is 262 Å². The van der Waals surface area contributed by atoms with Crippen molar-refractivity contribution >= 4 is 58.5 Å². The second-order valence-electron chi connectivity index (χ2n) is 33.3. The van der Waals surface area contributed by atoms with Crippen LogP contribution in [-0.2, 0) is 32.5 Å². The fourth-order valence-electron chi connectivity index (χ4n) is 13.5. The van der Waals surface area contributed by atoms with E-state index in [0.717, 1.165) is 114 Å². The van der Waals surface area contributed by atoms with Gasteiger partial charge in [0.25, 0.3) is 0 Å². The molecule has 6 nitrogen and oxygen atoms in total. The van der Waals surface area contributed by atoms with E-state index in [1.54, 1.807) is 0 Å². The van der Waals surface area contributed by atoms with Crippen molar-refractivity contribution in [1.29, 1.82) is 0 Å². The molecule has 1 saturated heterocycles. The minimum Gasteiger partial charge on any atom is -0.354 e. The average molecular weight is 1240 g/mol. The maximum atomic E-state index is 5.88. The Morgan fingerprint density at radius 1 is 0.398 bits per heavy atom. The van der Waals surface area contributed by atoms with E-state index in [9.17, 15) is 0 Å². The average Bonchev–Trinajstić information content (AvgIpc) is 1.65. The highest BCUT2D eigenvalue weighted by molar-refractivity contribution is 6.00. The highest BCUT2D eigenvalue weighted by atomic mass is 15.2. The van der Waals surface area contributed by atoms with Crippen LogP contribution in [0.5, 0.6) is 0 Å². The van der Waals surface area contributed by atoms with Gasteiger partial charge in [-0.25, -0.2) is 9.97 Å². The summed E-state index contributed by atoms with van der Waals surface area (Å²) >= 11 is 0.